The Balaban J connectivity index is 2.20. The summed E-state index contributed by atoms with van der Waals surface area (Å²) >= 11 is 10.9. The van der Waals surface area contributed by atoms with Crippen molar-refractivity contribution in [3.05, 3.63) is 39.9 Å². The van der Waals surface area contributed by atoms with Crippen LogP contribution in [0.4, 0.5) is 0 Å². The van der Waals surface area contributed by atoms with E-state index in [1.807, 2.05) is 26.1 Å². The molecule has 1 heterocycles. The van der Waals surface area contributed by atoms with Crippen molar-refractivity contribution in [3.63, 3.8) is 0 Å². The predicted octanol–water partition coefficient (Wildman–Crippen LogP) is 3.27. The third kappa shape index (κ3) is 2.68. The number of benzene rings is 1. The van der Waals surface area contributed by atoms with E-state index in [0.717, 1.165) is 5.82 Å². The normalized spacial score (nSPS) is 12.4. The largest absolute Gasteiger partial charge is 0.483 e. The smallest absolute Gasteiger partial charge is 0.195 e. The second-order valence-corrected chi connectivity index (χ2v) is 4.49. The van der Waals surface area contributed by atoms with E-state index in [1.165, 1.54) is 0 Å². The van der Waals surface area contributed by atoms with Gasteiger partial charge in [-0.05, 0) is 37.3 Å². The molecular weight excluding hydrogens is 258 g/mol. The first-order valence-corrected chi connectivity index (χ1v) is 5.90. The molecule has 0 spiro atoms. The Morgan fingerprint density at radius 3 is 2.88 bits per heavy atom. The summed E-state index contributed by atoms with van der Waals surface area (Å²) in [6.07, 6.45) is -0.202. The molecule has 0 bridgehead atoms. The molecule has 0 aliphatic rings. The molecule has 4 nitrogen and oxygen atoms in total. The minimum absolute atomic E-state index is 0.202. The van der Waals surface area contributed by atoms with Crippen molar-refractivity contribution < 1.29 is 4.74 Å². The van der Waals surface area contributed by atoms with Crippen molar-refractivity contribution in [2.24, 2.45) is 7.05 Å². The van der Waals surface area contributed by atoms with E-state index < -0.39 is 0 Å². The summed E-state index contributed by atoms with van der Waals surface area (Å²) < 4.78 is 8.09. The van der Waals surface area contributed by atoms with E-state index in [0.29, 0.717) is 15.5 Å². The van der Waals surface area contributed by atoms with Gasteiger partial charge in [0.05, 0.1) is 0 Å². The van der Waals surface area contributed by atoms with Gasteiger partial charge in [0.15, 0.2) is 16.7 Å². The first-order valence-electron chi connectivity index (χ1n) is 5.11. The van der Waals surface area contributed by atoms with Crippen LogP contribution in [0.1, 0.15) is 18.9 Å². The second-order valence-electron chi connectivity index (χ2n) is 3.66. The van der Waals surface area contributed by atoms with Crippen molar-refractivity contribution >= 4 is 23.8 Å². The Labute approximate surface area is 109 Å². The van der Waals surface area contributed by atoms with E-state index >= 15 is 0 Å². The van der Waals surface area contributed by atoms with Crippen molar-refractivity contribution in [3.8, 4) is 5.75 Å². The van der Waals surface area contributed by atoms with Gasteiger partial charge in [0.25, 0.3) is 0 Å². The molecule has 0 aliphatic carbocycles. The molecule has 0 fully saturated rings. The summed E-state index contributed by atoms with van der Waals surface area (Å²) in [4.78, 5) is 0. The van der Waals surface area contributed by atoms with Crippen LogP contribution in [0.3, 0.4) is 0 Å². The molecule has 0 aliphatic heterocycles. The highest BCUT2D eigenvalue weighted by molar-refractivity contribution is 7.71. The number of aromatic amines is 1. The van der Waals surface area contributed by atoms with Gasteiger partial charge in [-0.15, -0.1) is 0 Å². The van der Waals surface area contributed by atoms with Crippen LogP contribution in [-0.2, 0) is 7.05 Å². The highest BCUT2D eigenvalue weighted by Gasteiger charge is 2.13. The summed E-state index contributed by atoms with van der Waals surface area (Å²) in [5, 5.41) is 7.49. The van der Waals surface area contributed by atoms with Crippen LogP contribution in [0.15, 0.2) is 24.3 Å². The molecular formula is C11H12ClN3OS. The molecule has 90 valence electrons. The lowest BCUT2D eigenvalue weighted by atomic mass is 10.3. The summed E-state index contributed by atoms with van der Waals surface area (Å²) in [6.45, 7) is 1.91. The number of hydrogen-bond donors (Lipinski definition) is 1. The molecule has 1 aromatic carbocycles. The van der Waals surface area contributed by atoms with Crippen LogP contribution in [0, 0.1) is 4.77 Å². The fraction of sp³-hybridized carbons (Fsp3) is 0.273. The Bertz CT molecular complexity index is 578. The van der Waals surface area contributed by atoms with Crippen molar-refractivity contribution in [1.82, 2.24) is 14.8 Å². The van der Waals surface area contributed by atoms with Crippen LogP contribution in [0.5, 0.6) is 5.75 Å². The lowest BCUT2D eigenvalue weighted by Gasteiger charge is -2.13. The maximum Gasteiger partial charge on any atom is 0.195 e. The SMILES string of the molecule is C[C@H](Oc1cccc(Cl)c1)c1n[nH]c(=S)n1C. The van der Waals surface area contributed by atoms with E-state index in [9.17, 15) is 0 Å². The molecule has 0 radical (unpaired) electrons. The van der Waals surface area contributed by atoms with Gasteiger partial charge in [-0.3, -0.25) is 5.10 Å². The van der Waals surface area contributed by atoms with Gasteiger partial charge < -0.3 is 9.30 Å². The van der Waals surface area contributed by atoms with E-state index in [-0.39, 0.29) is 6.10 Å². The van der Waals surface area contributed by atoms with Crippen LogP contribution in [0.2, 0.25) is 5.02 Å². The molecule has 1 N–H and O–H groups in total. The third-order valence-corrected chi connectivity index (χ3v) is 2.99. The van der Waals surface area contributed by atoms with Crippen molar-refractivity contribution in [2.45, 2.75) is 13.0 Å². The Hall–Kier alpha value is -1.33. The van der Waals surface area contributed by atoms with Crippen LogP contribution < -0.4 is 4.74 Å². The van der Waals surface area contributed by atoms with Gasteiger partial charge in [-0.2, -0.15) is 5.10 Å². The topological polar surface area (TPSA) is 42.8 Å². The van der Waals surface area contributed by atoms with Gasteiger partial charge in [-0.1, -0.05) is 17.7 Å². The number of rotatable bonds is 3. The Morgan fingerprint density at radius 2 is 2.29 bits per heavy atom. The fourth-order valence-corrected chi connectivity index (χ4v) is 1.84. The highest BCUT2D eigenvalue weighted by Crippen LogP contribution is 2.22. The molecule has 1 atom stereocenters. The number of halogens is 1. The molecule has 0 unspecified atom stereocenters. The van der Waals surface area contributed by atoms with Gasteiger partial charge >= 0.3 is 0 Å². The maximum atomic E-state index is 5.89. The predicted molar refractivity (Wildman–Crippen MR) is 68.9 cm³/mol. The molecule has 1 aromatic heterocycles. The molecule has 0 saturated heterocycles. The molecule has 2 rings (SSSR count). The number of hydrogen-bond acceptors (Lipinski definition) is 3. The quantitative estimate of drug-likeness (QED) is 0.870. The first kappa shape index (κ1) is 12.1. The maximum absolute atomic E-state index is 5.89. The highest BCUT2D eigenvalue weighted by atomic mass is 35.5. The summed E-state index contributed by atoms with van der Waals surface area (Å²) in [5.41, 5.74) is 0. The fourth-order valence-electron chi connectivity index (χ4n) is 1.52. The number of aromatic nitrogens is 3. The average Bonchev–Trinajstić information content (AvgIpc) is 2.60. The Kier molecular flexibility index (Phi) is 3.49. The lowest BCUT2D eigenvalue weighted by Crippen LogP contribution is -2.09. The van der Waals surface area contributed by atoms with Crippen LogP contribution in [-0.4, -0.2) is 14.8 Å². The average molecular weight is 270 g/mol. The summed E-state index contributed by atoms with van der Waals surface area (Å²) in [5.74, 6) is 1.45. The summed E-state index contributed by atoms with van der Waals surface area (Å²) in [6, 6.07) is 7.26. The zero-order valence-electron chi connectivity index (χ0n) is 9.48. The summed E-state index contributed by atoms with van der Waals surface area (Å²) in [7, 11) is 1.85. The second kappa shape index (κ2) is 4.89. The van der Waals surface area contributed by atoms with Crippen LogP contribution in [0.25, 0.3) is 0 Å². The molecule has 6 heteroatoms. The zero-order chi connectivity index (χ0) is 12.4. The van der Waals surface area contributed by atoms with Gasteiger partial charge in [0.1, 0.15) is 5.75 Å². The van der Waals surface area contributed by atoms with E-state index in [2.05, 4.69) is 10.2 Å². The Morgan fingerprint density at radius 1 is 1.53 bits per heavy atom. The number of H-pyrrole nitrogens is 1. The van der Waals surface area contributed by atoms with Gasteiger partial charge in [0, 0.05) is 12.1 Å². The molecule has 0 amide bonds. The van der Waals surface area contributed by atoms with Crippen LogP contribution >= 0.6 is 23.8 Å². The monoisotopic (exact) mass is 269 g/mol. The zero-order valence-corrected chi connectivity index (χ0v) is 11.0. The number of nitrogens with one attached hydrogen (secondary N) is 1. The van der Waals surface area contributed by atoms with E-state index in [4.69, 9.17) is 28.6 Å². The van der Waals surface area contributed by atoms with E-state index in [1.54, 1.807) is 16.7 Å². The molecule has 17 heavy (non-hydrogen) atoms. The number of nitrogens with zero attached hydrogens (tertiary/aromatic N) is 2. The minimum atomic E-state index is -0.202. The molecule has 2 aromatic rings. The minimum Gasteiger partial charge on any atom is -0.483 e. The molecule has 0 saturated carbocycles. The van der Waals surface area contributed by atoms with Gasteiger partial charge in [0.2, 0.25) is 0 Å². The number of ether oxygens (including phenoxy) is 1. The third-order valence-electron chi connectivity index (χ3n) is 2.39. The lowest BCUT2D eigenvalue weighted by molar-refractivity contribution is 0.212. The van der Waals surface area contributed by atoms with Crippen molar-refractivity contribution in [2.75, 3.05) is 0 Å². The van der Waals surface area contributed by atoms with Gasteiger partial charge in [-0.25, -0.2) is 0 Å². The first-order chi connectivity index (χ1) is 8.08. The standard InChI is InChI=1S/C11H12ClN3OS/c1-7(10-13-14-11(17)15(10)2)16-9-5-3-4-8(12)6-9/h3-7H,1-2H3,(H,14,17)/t7-/m0/s1. The van der Waals surface area contributed by atoms with Crippen molar-refractivity contribution in [1.29, 1.82) is 0 Å².